The predicted molar refractivity (Wildman–Crippen MR) is 105 cm³/mol. The van der Waals surface area contributed by atoms with Crippen molar-refractivity contribution in [1.29, 1.82) is 0 Å². The number of anilines is 1. The Labute approximate surface area is 159 Å². The minimum Gasteiger partial charge on any atom is -0.280 e. The van der Waals surface area contributed by atoms with Gasteiger partial charge in [0.05, 0.1) is 10.6 Å². The van der Waals surface area contributed by atoms with Gasteiger partial charge in [-0.25, -0.2) is 20.8 Å². The molecule has 0 saturated heterocycles. The Morgan fingerprint density at radius 2 is 1.48 bits per heavy atom. The first-order valence-corrected chi connectivity index (χ1v) is 11.1. The number of nitrogens with zero attached hydrogens (tertiary/aromatic N) is 1. The van der Waals surface area contributed by atoms with Gasteiger partial charge in [0.25, 0.3) is 20.0 Å². The number of hydrogen-bond acceptors (Lipinski definition) is 4. The van der Waals surface area contributed by atoms with E-state index in [1.165, 1.54) is 25.1 Å². The molecule has 3 aromatic rings. The number of sulfonamides is 1. The Morgan fingerprint density at radius 1 is 0.815 bits per heavy atom. The Hall–Kier alpha value is -2.58. The first-order valence-electron chi connectivity index (χ1n) is 8.22. The molecule has 1 heterocycles. The summed E-state index contributed by atoms with van der Waals surface area (Å²) in [6, 6.07) is 16.2. The summed E-state index contributed by atoms with van der Waals surface area (Å²) in [7, 11) is -7.84. The fourth-order valence-corrected chi connectivity index (χ4v) is 5.99. The average molecular weight is 405 g/mol. The second-order valence-corrected chi connectivity index (χ2v) is 9.73. The van der Waals surface area contributed by atoms with Crippen LogP contribution in [0.1, 0.15) is 17.0 Å². The van der Waals surface area contributed by atoms with Gasteiger partial charge >= 0.3 is 0 Å². The Balaban J connectivity index is 2.08. The molecule has 1 aromatic heterocycles. The molecule has 0 unspecified atom stereocenters. The van der Waals surface area contributed by atoms with Gasteiger partial charge in [0.15, 0.2) is 0 Å². The highest BCUT2D eigenvalue weighted by Crippen LogP contribution is 2.27. The lowest BCUT2D eigenvalue weighted by atomic mass is 10.2. The smallest absolute Gasteiger partial charge is 0.268 e. The molecule has 0 radical (unpaired) electrons. The molecule has 0 atom stereocenters. The maximum Gasteiger partial charge on any atom is 0.268 e. The molecule has 6 nitrogen and oxygen atoms in total. The SMILES string of the molecule is Cc1cccc(NS(=O)(=O)c2cc(C)n(S(=O)(=O)c3ccccc3)c2C)c1. The average Bonchev–Trinajstić information content (AvgIpc) is 2.91. The second kappa shape index (κ2) is 6.86. The first kappa shape index (κ1) is 19.2. The number of hydrogen-bond donors (Lipinski definition) is 1. The molecule has 27 heavy (non-hydrogen) atoms. The van der Waals surface area contributed by atoms with Crippen molar-refractivity contribution in [3.63, 3.8) is 0 Å². The molecule has 2 aromatic carbocycles. The van der Waals surface area contributed by atoms with E-state index in [0.717, 1.165) is 9.54 Å². The summed E-state index contributed by atoms with van der Waals surface area (Å²) in [6.07, 6.45) is 0. The van der Waals surface area contributed by atoms with Gasteiger partial charge in [0.2, 0.25) is 0 Å². The minimum atomic E-state index is -3.94. The summed E-state index contributed by atoms with van der Waals surface area (Å²) >= 11 is 0. The molecule has 0 saturated carbocycles. The van der Waals surface area contributed by atoms with Crippen molar-refractivity contribution in [2.24, 2.45) is 0 Å². The van der Waals surface area contributed by atoms with E-state index in [1.807, 2.05) is 13.0 Å². The molecule has 0 amide bonds. The van der Waals surface area contributed by atoms with E-state index in [-0.39, 0.29) is 15.5 Å². The molecule has 8 heteroatoms. The van der Waals surface area contributed by atoms with Crippen LogP contribution < -0.4 is 4.72 Å². The summed E-state index contributed by atoms with van der Waals surface area (Å²) < 4.78 is 55.2. The third-order valence-electron chi connectivity index (χ3n) is 4.16. The third kappa shape index (κ3) is 3.63. The lowest BCUT2D eigenvalue weighted by Crippen LogP contribution is -2.18. The lowest BCUT2D eigenvalue weighted by Gasteiger charge is -2.12. The molecule has 0 aliphatic carbocycles. The van der Waals surface area contributed by atoms with E-state index in [1.54, 1.807) is 43.3 Å². The topological polar surface area (TPSA) is 85.2 Å². The fourth-order valence-electron chi connectivity index (χ4n) is 2.98. The minimum absolute atomic E-state index is 0.0685. The quantitative estimate of drug-likeness (QED) is 0.706. The summed E-state index contributed by atoms with van der Waals surface area (Å²) in [5, 5.41) is 0. The standard InChI is InChI=1S/C19H20N2O4S2/c1-14-8-7-9-17(12-14)20-26(22,23)19-13-15(2)21(16(19)3)27(24,25)18-10-5-4-6-11-18/h4-13,20H,1-3H3. The largest absolute Gasteiger partial charge is 0.280 e. The van der Waals surface area contributed by atoms with Gasteiger partial charge in [-0.05, 0) is 56.7 Å². The molecule has 0 aliphatic rings. The van der Waals surface area contributed by atoms with Crippen molar-refractivity contribution in [3.8, 4) is 0 Å². The molecule has 0 spiro atoms. The Bertz CT molecular complexity index is 1200. The molecule has 0 fully saturated rings. The van der Waals surface area contributed by atoms with Crippen molar-refractivity contribution < 1.29 is 16.8 Å². The second-order valence-electron chi connectivity index (χ2n) is 6.29. The lowest BCUT2D eigenvalue weighted by molar-refractivity contribution is 0.584. The van der Waals surface area contributed by atoms with Crippen LogP contribution in [0.2, 0.25) is 0 Å². The van der Waals surface area contributed by atoms with Crippen LogP contribution in [-0.4, -0.2) is 20.8 Å². The molecule has 3 rings (SSSR count). The molecular formula is C19H20N2O4S2. The molecule has 0 aliphatic heterocycles. The van der Waals surface area contributed by atoms with Crippen molar-refractivity contribution in [2.45, 2.75) is 30.6 Å². The van der Waals surface area contributed by atoms with E-state index >= 15 is 0 Å². The highest BCUT2D eigenvalue weighted by Gasteiger charge is 2.28. The molecule has 0 bridgehead atoms. The van der Waals surface area contributed by atoms with Crippen LogP contribution in [0, 0.1) is 20.8 Å². The normalized spacial score (nSPS) is 12.1. The van der Waals surface area contributed by atoms with Gasteiger partial charge in [0.1, 0.15) is 4.90 Å². The maximum absolute atomic E-state index is 13.0. The van der Waals surface area contributed by atoms with E-state index in [2.05, 4.69) is 4.72 Å². The van der Waals surface area contributed by atoms with Crippen LogP contribution in [0.15, 0.2) is 70.5 Å². The van der Waals surface area contributed by atoms with E-state index in [9.17, 15) is 16.8 Å². The van der Waals surface area contributed by atoms with E-state index in [4.69, 9.17) is 0 Å². The molecular weight excluding hydrogens is 384 g/mol. The monoisotopic (exact) mass is 404 g/mol. The summed E-state index contributed by atoms with van der Waals surface area (Å²) in [6.45, 7) is 4.91. The first-order chi connectivity index (χ1) is 12.6. The fraction of sp³-hybridized carbons (Fsp3) is 0.158. The zero-order valence-corrected chi connectivity index (χ0v) is 16.8. The Morgan fingerprint density at radius 3 is 2.11 bits per heavy atom. The van der Waals surface area contributed by atoms with Crippen molar-refractivity contribution in [2.75, 3.05) is 4.72 Å². The van der Waals surface area contributed by atoms with Gasteiger partial charge in [0, 0.05) is 11.4 Å². The van der Waals surface area contributed by atoms with Gasteiger partial charge in [-0.3, -0.25) is 4.72 Å². The zero-order chi connectivity index (χ0) is 19.8. The number of benzene rings is 2. The Kier molecular flexibility index (Phi) is 4.88. The third-order valence-corrected chi connectivity index (χ3v) is 7.57. The number of rotatable bonds is 5. The predicted octanol–water partition coefficient (Wildman–Crippen LogP) is 3.45. The van der Waals surface area contributed by atoms with Gasteiger partial charge in [-0.15, -0.1) is 0 Å². The highest BCUT2D eigenvalue weighted by atomic mass is 32.2. The summed E-state index contributed by atoms with van der Waals surface area (Å²) in [5.41, 5.74) is 1.79. The number of aryl methyl sites for hydroxylation is 2. The van der Waals surface area contributed by atoms with E-state index in [0.29, 0.717) is 11.4 Å². The highest BCUT2D eigenvalue weighted by molar-refractivity contribution is 7.93. The van der Waals surface area contributed by atoms with Crippen LogP contribution in [-0.2, 0) is 20.0 Å². The van der Waals surface area contributed by atoms with Gasteiger partial charge < -0.3 is 0 Å². The van der Waals surface area contributed by atoms with Crippen LogP contribution >= 0.6 is 0 Å². The van der Waals surface area contributed by atoms with Gasteiger partial charge in [-0.2, -0.15) is 0 Å². The maximum atomic E-state index is 13.0. The van der Waals surface area contributed by atoms with Crippen LogP contribution in [0.3, 0.4) is 0 Å². The van der Waals surface area contributed by atoms with Crippen molar-refractivity contribution in [1.82, 2.24) is 3.97 Å². The summed E-state index contributed by atoms with van der Waals surface area (Å²) in [5.74, 6) is 0. The summed E-state index contributed by atoms with van der Waals surface area (Å²) in [4.78, 5) is 0.0309. The van der Waals surface area contributed by atoms with Crippen LogP contribution in [0.25, 0.3) is 0 Å². The number of nitrogens with one attached hydrogen (secondary N) is 1. The van der Waals surface area contributed by atoms with Crippen molar-refractivity contribution >= 4 is 25.7 Å². The van der Waals surface area contributed by atoms with Gasteiger partial charge in [-0.1, -0.05) is 30.3 Å². The molecule has 142 valence electrons. The molecule has 1 N–H and O–H groups in total. The van der Waals surface area contributed by atoms with Crippen LogP contribution in [0.5, 0.6) is 0 Å². The zero-order valence-electron chi connectivity index (χ0n) is 15.2. The van der Waals surface area contributed by atoms with Crippen molar-refractivity contribution in [3.05, 3.63) is 77.6 Å². The van der Waals surface area contributed by atoms with E-state index < -0.39 is 20.0 Å². The number of aromatic nitrogens is 1. The van der Waals surface area contributed by atoms with Crippen LogP contribution in [0.4, 0.5) is 5.69 Å².